The van der Waals surface area contributed by atoms with E-state index in [1.807, 2.05) is 37.3 Å². The number of hydrogen-bond donors (Lipinski definition) is 6. The van der Waals surface area contributed by atoms with Crippen LogP contribution in [0.2, 0.25) is 0 Å². The SMILES string of the molecule is CCC(O)CSCC[C@H](CC(=O)[C@H](Cc1ccccc1)NC(=O)CCC(=O)CNC(=O)[C@@H](N)Cc1ccc(O)cc1)C(N)=O. The third-order valence-corrected chi connectivity index (χ3v) is 8.21. The number of ketones is 2. The molecule has 4 atom stereocenters. The van der Waals surface area contributed by atoms with E-state index in [9.17, 15) is 34.2 Å². The van der Waals surface area contributed by atoms with Crippen LogP contribution in [-0.2, 0) is 36.8 Å². The quantitative estimate of drug-likeness (QED) is 0.111. The molecule has 11 nitrogen and oxygen atoms in total. The lowest BCUT2D eigenvalue weighted by Crippen LogP contribution is -2.45. The molecule has 0 radical (unpaired) electrons. The maximum atomic E-state index is 13.3. The van der Waals surface area contributed by atoms with E-state index in [1.165, 1.54) is 23.9 Å². The van der Waals surface area contributed by atoms with Crippen molar-refractivity contribution in [2.75, 3.05) is 18.1 Å². The van der Waals surface area contributed by atoms with Crippen molar-refractivity contribution in [1.82, 2.24) is 10.6 Å². The lowest BCUT2D eigenvalue weighted by atomic mass is 9.92. The van der Waals surface area contributed by atoms with Gasteiger partial charge in [-0.2, -0.15) is 11.8 Å². The minimum absolute atomic E-state index is 0.0987. The molecule has 12 heteroatoms. The number of nitrogens with two attached hydrogens (primary N) is 2. The van der Waals surface area contributed by atoms with Crippen LogP contribution >= 0.6 is 11.8 Å². The molecule has 240 valence electrons. The van der Waals surface area contributed by atoms with Crippen molar-refractivity contribution in [3.05, 3.63) is 65.7 Å². The number of carbonyl (C=O) groups excluding carboxylic acids is 5. The van der Waals surface area contributed by atoms with E-state index in [0.29, 0.717) is 24.3 Å². The predicted octanol–water partition coefficient (Wildman–Crippen LogP) is 1.41. The number of phenols is 1. The summed E-state index contributed by atoms with van der Waals surface area (Å²) in [6.45, 7) is 1.58. The first-order valence-electron chi connectivity index (χ1n) is 14.7. The summed E-state index contributed by atoms with van der Waals surface area (Å²) < 4.78 is 0. The molecule has 3 amide bonds. The van der Waals surface area contributed by atoms with Gasteiger partial charge in [0.2, 0.25) is 17.7 Å². The average Bonchev–Trinajstić information content (AvgIpc) is 3.01. The Morgan fingerprint density at radius 1 is 0.932 bits per heavy atom. The van der Waals surface area contributed by atoms with E-state index in [4.69, 9.17) is 11.5 Å². The number of hydrogen-bond acceptors (Lipinski definition) is 9. The second kappa shape index (κ2) is 19.5. The fourth-order valence-corrected chi connectivity index (χ4v) is 5.42. The number of aliphatic hydroxyl groups excluding tert-OH is 1. The van der Waals surface area contributed by atoms with Crippen LogP contribution in [0.15, 0.2) is 54.6 Å². The molecule has 2 aromatic rings. The largest absolute Gasteiger partial charge is 0.508 e. The van der Waals surface area contributed by atoms with Crippen LogP contribution in [0.4, 0.5) is 0 Å². The number of primary amides is 1. The number of benzene rings is 2. The molecule has 0 saturated heterocycles. The molecule has 2 rings (SSSR count). The summed E-state index contributed by atoms with van der Waals surface area (Å²) in [5.41, 5.74) is 13.1. The molecule has 0 spiro atoms. The molecule has 8 N–H and O–H groups in total. The zero-order valence-electron chi connectivity index (χ0n) is 25.1. The number of nitrogens with one attached hydrogen (secondary N) is 2. The van der Waals surface area contributed by atoms with Gasteiger partial charge in [-0.3, -0.25) is 24.0 Å². The Morgan fingerprint density at radius 3 is 2.23 bits per heavy atom. The minimum atomic E-state index is -0.922. The Morgan fingerprint density at radius 2 is 1.59 bits per heavy atom. The lowest BCUT2D eigenvalue weighted by Gasteiger charge is -2.21. The van der Waals surface area contributed by atoms with Gasteiger partial charge in [-0.25, -0.2) is 0 Å². The predicted molar refractivity (Wildman–Crippen MR) is 170 cm³/mol. The third kappa shape index (κ3) is 14.2. The highest BCUT2D eigenvalue weighted by Crippen LogP contribution is 2.17. The number of rotatable bonds is 21. The van der Waals surface area contributed by atoms with Crippen molar-refractivity contribution < 1.29 is 34.2 Å². The van der Waals surface area contributed by atoms with E-state index in [2.05, 4.69) is 10.6 Å². The molecule has 2 aromatic carbocycles. The Labute approximate surface area is 262 Å². The molecule has 0 aromatic heterocycles. The summed E-state index contributed by atoms with van der Waals surface area (Å²) in [4.78, 5) is 62.9. The van der Waals surface area contributed by atoms with E-state index in [1.54, 1.807) is 12.1 Å². The molecule has 0 fully saturated rings. The van der Waals surface area contributed by atoms with Gasteiger partial charge in [0.15, 0.2) is 11.6 Å². The van der Waals surface area contributed by atoms with Crippen molar-refractivity contribution in [3.63, 3.8) is 0 Å². The highest BCUT2D eigenvalue weighted by atomic mass is 32.2. The number of Topliss-reactive ketones (excluding diaryl/α,β-unsaturated/α-hetero) is 2. The molecule has 0 aliphatic rings. The molecular formula is C32H44N4O7S. The Balaban J connectivity index is 1.88. The number of phenolic OH excluding ortho intramolecular Hbond substituents is 1. The summed E-state index contributed by atoms with van der Waals surface area (Å²) in [5, 5.41) is 24.3. The first kappa shape index (κ1) is 36.5. The summed E-state index contributed by atoms with van der Waals surface area (Å²) >= 11 is 1.49. The standard InChI is InChI=1S/C32H44N4O7S/c1-2-24(37)20-44-15-14-23(31(34)42)18-29(40)28(17-21-6-4-3-5-7-21)36-30(41)13-12-26(39)19-35-32(43)27(33)16-22-8-10-25(38)11-9-22/h3-11,23-24,27-28,37-38H,2,12-20,33H2,1H3,(H2,34,42)(H,35,43)(H,36,41)/t23-,24?,27+,28+/m1/s1. The maximum Gasteiger partial charge on any atom is 0.237 e. The van der Waals surface area contributed by atoms with Gasteiger partial charge in [-0.15, -0.1) is 0 Å². The summed E-state index contributed by atoms with van der Waals surface area (Å²) in [6, 6.07) is 13.6. The van der Waals surface area contributed by atoms with E-state index >= 15 is 0 Å². The molecular weight excluding hydrogens is 584 g/mol. The van der Waals surface area contributed by atoms with E-state index < -0.39 is 41.8 Å². The van der Waals surface area contributed by atoms with Gasteiger partial charge in [0.05, 0.1) is 24.7 Å². The van der Waals surface area contributed by atoms with E-state index in [0.717, 1.165) is 11.1 Å². The maximum absolute atomic E-state index is 13.3. The van der Waals surface area contributed by atoms with Crippen LogP contribution in [0.1, 0.15) is 50.2 Å². The zero-order chi connectivity index (χ0) is 32.5. The topological polar surface area (TPSA) is 202 Å². The van der Waals surface area contributed by atoms with Crippen LogP contribution < -0.4 is 22.1 Å². The van der Waals surface area contributed by atoms with Crippen molar-refractivity contribution in [2.24, 2.45) is 17.4 Å². The van der Waals surface area contributed by atoms with Gasteiger partial charge >= 0.3 is 0 Å². The van der Waals surface area contributed by atoms with Crippen LogP contribution in [0.25, 0.3) is 0 Å². The smallest absolute Gasteiger partial charge is 0.237 e. The Kier molecular flexibility index (Phi) is 16.2. The number of aliphatic hydroxyl groups is 1. The van der Waals surface area contributed by atoms with Gasteiger partial charge in [0.25, 0.3) is 0 Å². The van der Waals surface area contributed by atoms with E-state index in [-0.39, 0.29) is 56.0 Å². The second-order valence-electron chi connectivity index (χ2n) is 10.7. The van der Waals surface area contributed by atoms with Crippen molar-refractivity contribution in [2.45, 2.75) is 70.1 Å². The first-order valence-corrected chi connectivity index (χ1v) is 15.9. The zero-order valence-corrected chi connectivity index (χ0v) is 25.9. The lowest BCUT2D eigenvalue weighted by molar-refractivity contribution is -0.131. The fourth-order valence-electron chi connectivity index (χ4n) is 4.29. The van der Waals surface area contributed by atoms with Crippen LogP contribution in [0.3, 0.4) is 0 Å². The average molecular weight is 629 g/mol. The molecule has 0 heterocycles. The highest BCUT2D eigenvalue weighted by Gasteiger charge is 2.27. The van der Waals surface area contributed by atoms with Crippen LogP contribution in [0, 0.1) is 5.92 Å². The number of aromatic hydroxyl groups is 1. The van der Waals surface area contributed by atoms with Crippen molar-refractivity contribution in [3.8, 4) is 5.75 Å². The first-order chi connectivity index (χ1) is 21.0. The van der Waals surface area contributed by atoms with Gasteiger partial charge in [-0.05, 0) is 54.7 Å². The summed E-state index contributed by atoms with van der Waals surface area (Å²) in [6.07, 6.45) is 0.498. The Bertz CT molecular complexity index is 1230. The normalized spacial score (nSPS) is 13.7. The van der Waals surface area contributed by atoms with Crippen molar-refractivity contribution >= 4 is 41.0 Å². The molecule has 0 aliphatic heterocycles. The van der Waals surface area contributed by atoms with Gasteiger partial charge < -0.3 is 32.3 Å². The molecule has 0 aliphatic carbocycles. The van der Waals surface area contributed by atoms with Gasteiger partial charge in [-0.1, -0.05) is 49.4 Å². The number of carbonyl (C=O) groups is 5. The molecule has 0 bridgehead atoms. The van der Waals surface area contributed by atoms with Gasteiger partial charge in [0.1, 0.15) is 5.75 Å². The Hall–Kier alpha value is -3.74. The highest BCUT2D eigenvalue weighted by molar-refractivity contribution is 7.99. The third-order valence-electron chi connectivity index (χ3n) is 7.07. The number of thioether (sulfide) groups is 1. The molecule has 44 heavy (non-hydrogen) atoms. The van der Waals surface area contributed by atoms with Crippen molar-refractivity contribution in [1.29, 1.82) is 0 Å². The second-order valence-corrected chi connectivity index (χ2v) is 11.9. The minimum Gasteiger partial charge on any atom is -0.508 e. The molecule has 0 saturated carbocycles. The van der Waals surface area contributed by atoms with Crippen LogP contribution in [-0.4, -0.2) is 75.7 Å². The monoisotopic (exact) mass is 628 g/mol. The number of amides is 3. The summed E-state index contributed by atoms with van der Waals surface area (Å²) in [5.74, 6) is -1.89. The molecule has 1 unspecified atom stereocenters. The summed E-state index contributed by atoms with van der Waals surface area (Å²) in [7, 11) is 0. The van der Waals surface area contributed by atoms with Gasteiger partial charge in [0, 0.05) is 30.9 Å². The fraction of sp³-hybridized carbons (Fsp3) is 0.469. The van der Waals surface area contributed by atoms with Crippen LogP contribution in [0.5, 0.6) is 5.75 Å².